The number of imidazole rings is 1. The molecule has 13 heavy (non-hydrogen) atoms. The van der Waals surface area contributed by atoms with Gasteiger partial charge in [0.05, 0.1) is 0 Å². The molecule has 66 valence electrons. The highest BCUT2D eigenvalue weighted by Gasteiger charge is 2.02. The quantitative estimate of drug-likeness (QED) is 0.591. The van der Waals surface area contributed by atoms with Gasteiger partial charge in [-0.15, -0.1) is 0 Å². The minimum absolute atomic E-state index is 0.0937. The van der Waals surface area contributed by atoms with Gasteiger partial charge in [0.1, 0.15) is 6.33 Å². The minimum atomic E-state index is 0.0937. The molecule has 0 amide bonds. The summed E-state index contributed by atoms with van der Waals surface area (Å²) in [7, 11) is 0. The molecule has 0 atom stereocenters. The van der Waals surface area contributed by atoms with Gasteiger partial charge in [0.15, 0.2) is 0 Å². The molecule has 0 aliphatic rings. The van der Waals surface area contributed by atoms with Gasteiger partial charge in [-0.1, -0.05) is 0 Å². The Kier molecular flexibility index (Phi) is 1.55. The third kappa shape index (κ3) is 1.39. The Morgan fingerprint density at radius 3 is 2.31 bits per heavy atom. The molecule has 2 aromatic rings. The molecule has 2 rings (SSSR count). The average molecular weight is 177 g/mol. The molecular weight excluding hydrogens is 170 g/mol. The molecule has 0 bridgehead atoms. The molecule has 2 aromatic heterocycles. The number of hydrogen-bond donors (Lipinski definition) is 2. The van der Waals surface area contributed by atoms with Crippen LogP contribution in [0.1, 0.15) is 0 Å². The second-order valence-electron chi connectivity index (χ2n) is 2.32. The van der Waals surface area contributed by atoms with Crippen molar-refractivity contribution in [2.24, 2.45) is 0 Å². The maximum atomic E-state index is 5.39. The van der Waals surface area contributed by atoms with Crippen LogP contribution in [0.5, 0.6) is 0 Å². The van der Waals surface area contributed by atoms with E-state index in [4.69, 9.17) is 11.5 Å². The van der Waals surface area contributed by atoms with Crippen molar-refractivity contribution in [2.45, 2.75) is 0 Å². The standard InChI is InChI=1S/C6H7N7/c7-4-10-5(8)12-6(11-4)13-2-1-9-3-13/h1-3H,(H4,7,8,10,11,12). The summed E-state index contributed by atoms with van der Waals surface area (Å²) >= 11 is 0. The van der Waals surface area contributed by atoms with Crippen molar-refractivity contribution in [3.63, 3.8) is 0 Å². The van der Waals surface area contributed by atoms with Gasteiger partial charge >= 0.3 is 0 Å². The fraction of sp³-hybridized carbons (Fsp3) is 0. The van der Waals surface area contributed by atoms with Gasteiger partial charge in [0.25, 0.3) is 0 Å². The lowest BCUT2D eigenvalue weighted by atomic mass is 10.8. The van der Waals surface area contributed by atoms with Gasteiger partial charge in [0, 0.05) is 12.4 Å². The number of aromatic nitrogens is 5. The fourth-order valence-electron chi connectivity index (χ4n) is 0.890. The minimum Gasteiger partial charge on any atom is -0.368 e. The zero-order valence-corrected chi connectivity index (χ0v) is 6.62. The lowest BCUT2D eigenvalue weighted by molar-refractivity contribution is 0.909. The molecule has 0 saturated carbocycles. The molecule has 0 aromatic carbocycles. The van der Waals surface area contributed by atoms with Crippen molar-refractivity contribution >= 4 is 11.9 Å². The van der Waals surface area contributed by atoms with Crippen molar-refractivity contribution in [2.75, 3.05) is 11.5 Å². The van der Waals surface area contributed by atoms with Crippen molar-refractivity contribution in [1.82, 2.24) is 24.5 Å². The van der Waals surface area contributed by atoms with Gasteiger partial charge < -0.3 is 11.5 Å². The number of nitrogens with two attached hydrogens (primary N) is 2. The molecule has 0 unspecified atom stereocenters. The van der Waals surface area contributed by atoms with E-state index in [1.54, 1.807) is 23.3 Å². The van der Waals surface area contributed by atoms with Crippen LogP contribution in [-0.2, 0) is 0 Å². The Labute approximate surface area is 73.5 Å². The van der Waals surface area contributed by atoms with E-state index >= 15 is 0 Å². The van der Waals surface area contributed by atoms with Crippen LogP contribution >= 0.6 is 0 Å². The van der Waals surface area contributed by atoms with Crippen LogP contribution in [0.25, 0.3) is 5.95 Å². The highest BCUT2D eigenvalue weighted by Crippen LogP contribution is 2.03. The highest BCUT2D eigenvalue weighted by molar-refractivity contribution is 5.30. The summed E-state index contributed by atoms with van der Waals surface area (Å²) in [4.78, 5) is 15.2. The van der Waals surface area contributed by atoms with Crippen molar-refractivity contribution in [3.05, 3.63) is 18.7 Å². The fourth-order valence-corrected chi connectivity index (χ4v) is 0.890. The van der Waals surface area contributed by atoms with Crippen molar-refractivity contribution < 1.29 is 0 Å². The van der Waals surface area contributed by atoms with E-state index in [-0.39, 0.29) is 11.9 Å². The molecule has 7 heteroatoms. The molecule has 0 fully saturated rings. The van der Waals surface area contributed by atoms with Crippen LogP contribution in [0, 0.1) is 0 Å². The molecule has 0 aliphatic heterocycles. The second-order valence-corrected chi connectivity index (χ2v) is 2.32. The molecule has 0 saturated heterocycles. The highest BCUT2D eigenvalue weighted by atomic mass is 15.2. The summed E-state index contributed by atoms with van der Waals surface area (Å²) in [6.45, 7) is 0. The van der Waals surface area contributed by atoms with Crippen LogP contribution in [-0.4, -0.2) is 24.5 Å². The number of anilines is 2. The first-order valence-corrected chi connectivity index (χ1v) is 3.51. The summed E-state index contributed by atoms with van der Waals surface area (Å²) in [5.41, 5.74) is 10.8. The number of rotatable bonds is 1. The monoisotopic (exact) mass is 177 g/mol. The Morgan fingerprint density at radius 2 is 1.77 bits per heavy atom. The first-order valence-electron chi connectivity index (χ1n) is 3.51. The third-order valence-electron chi connectivity index (χ3n) is 1.39. The number of hydrogen-bond acceptors (Lipinski definition) is 6. The first kappa shape index (κ1) is 7.47. The Morgan fingerprint density at radius 1 is 1.08 bits per heavy atom. The summed E-state index contributed by atoms with van der Waals surface area (Å²) in [6.07, 6.45) is 4.85. The van der Waals surface area contributed by atoms with Crippen LogP contribution in [0.4, 0.5) is 11.9 Å². The zero-order valence-electron chi connectivity index (χ0n) is 6.62. The molecule has 0 radical (unpaired) electrons. The average Bonchev–Trinajstić information content (AvgIpc) is 2.53. The van der Waals surface area contributed by atoms with E-state index in [0.29, 0.717) is 5.95 Å². The van der Waals surface area contributed by atoms with E-state index < -0.39 is 0 Å². The molecular formula is C6H7N7. The Balaban J connectivity index is 2.53. The van der Waals surface area contributed by atoms with Crippen LogP contribution in [0.2, 0.25) is 0 Å². The van der Waals surface area contributed by atoms with Crippen molar-refractivity contribution in [1.29, 1.82) is 0 Å². The van der Waals surface area contributed by atoms with Gasteiger partial charge in [-0.25, -0.2) is 4.98 Å². The van der Waals surface area contributed by atoms with Gasteiger partial charge in [-0.3, -0.25) is 4.57 Å². The first-order chi connectivity index (χ1) is 6.25. The summed E-state index contributed by atoms with van der Waals surface area (Å²) in [6, 6.07) is 0. The Hall–Kier alpha value is -2.18. The molecule has 2 heterocycles. The topological polar surface area (TPSA) is 109 Å². The molecule has 4 N–H and O–H groups in total. The lowest BCUT2D eigenvalue weighted by Gasteiger charge is -2.00. The van der Waals surface area contributed by atoms with Crippen LogP contribution in [0.3, 0.4) is 0 Å². The molecule has 0 aliphatic carbocycles. The van der Waals surface area contributed by atoms with Crippen molar-refractivity contribution in [3.8, 4) is 5.95 Å². The molecule has 0 spiro atoms. The van der Waals surface area contributed by atoms with E-state index in [1.165, 1.54) is 0 Å². The van der Waals surface area contributed by atoms with Gasteiger partial charge in [-0.2, -0.15) is 15.0 Å². The maximum Gasteiger partial charge on any atom is 0.241 e. The van der Waals surface area contributed by atoms with Crippen LogP contribution in [0.15, 0.2) is 18.7 Å². The largest absolute Gasteiger partial charge is 0.368 e. The summed E-state index contributed by atoms with van der Waals surface area (Å²) in [5, 5.41) is 0. The van der Waals surface area contributed by atoms with Gasteiger partial charge in [0.2, 0.25) is 17.8 Å². The smallest absolute Gasteiger partial charge is 0.241 e. The lowest BCUT2D eigenvalue weighted by Crippen LogP contribution is -2.07. The SMILES string of the molecule is Nc1nc(N)nc(-n2ccnc2)n1. The Bertz CT molecular complexity index is 387. The normalized spacial score (nSPS) is 10.2. The van der Waals surface area contributed by atoms with Crippen LogP contribution < -0.4 is 11.5 Å². The maximum absolute atomic E-state index is 5.39. The summed E-state index contributed by atoms with van der Waals surface area (Å²) < 4.78 is 1.59. The zero-order chi connectivity index (χ0) is 9.26. The number of nitrogen functional groups attached to an aromatic ring is 2. The van der Waals surface area contributed by atoms with E-state index in [1.807, 2.05) is 0 Å². The predicted octanol–water partition coefficient (Wildman–Crippen LogP) is -0.778. The number of nitrogens with zero attached hydrogens (tertiary/aromatic N) is 5. The molecule has 7 nitrogen and oxygen atoms in total. The van der Waals surface area contributed by atoms with E-state index in [2.05, 4.69) is 19.9 Å². The second kappa shape index (κ2) is 2.70. The van der Waals surface area contributed by atoms with E-state index in [0.717, 1.165) is 0 Å². The van der Waals surface area contributed by atoms with Gasteiger partial charge in [-0.05, 0) is 0 Å². The van der Waals surface area contributed by atoms with E-state index in [9.17, 15) is 0 Å². The third-order valence-corrected chi connectivity index (χ3v) is 1.39. The summed E-state index contributed by atoms with van der Waals surface area (Å²) in [5.74, 6) is 0.551. The predicted molar refractivity (Wildman–Crippen MR) is 45.8 cm³/mol.